The smallest absolute Gasteiger partial charge is 0.133 e. The molecule has 0 radical (unpaired) electrons. The highest BCUT2D eigenvalue weighted by Gasteiger charge is 2.28. The first-order valence-corrected chi connectivity index (χ1v) is 11.5. The Labute approximate surface area is 195 Å². The summed E-state index contributed by atoms with van der Waals surface area (Å²) in [4.78, 5) is 18.8. The predicted octanol–water partition coefficient (Wildman–Crippen LogP) is 5.48. The molecule has 1 aromatic carbocycles. The third-order valence-electron chi connectivity index (χ3n) is 6.34. The van der Waals surface area contributed by atoms with Crippen molar-refractivity contribution < 1.29 is 0 Å². The largest absolute Gasteiger partial charge is 0.362 e. The molecule has 1 N–H and O–H groups in total. The molecule has 168 valence electrons. The second kappa shape index (κ2) is 9.16. The number of hydrogen-bond donors (Lipinski definition) is 1. The van der Waals surface area contributed by atoms with Crippen molar-refractivity contribution in [2.24, 2.45) is 0 Å². The zero-order valence-corrected chi connectivity index (χ0v) is 19.5. The first-order valence-electron chi connectivity index (χ1n) is 11.5. The summed E-state index contributed by atoms with van der Waals surface area (Å²) in [5, 5.41) is 4.56. The topological polar surface area (TPSA) is 57.2 Å². The molecule has 3 aromatic heterocycles. The van der Waals surface area contributed by atoms with Gasteiger partial charge in [0.1, 0.15) is 11.6 Å². The molecule has 0 unspecified atom stereocenters. The summed E-state index contributed by atoms with van der Waals surface area (Å²) in [7, 11) is 4.14. The zero-order valence-electron chi connectivity index (χ0n) is 19.5. The average molecular weight is 439 g/mol. The van der Waals surface area contributed by atoms with Gasteiger partial charge in [0.25, 0.3) is 0 Å². The van der Waals surface area contributed by atoms with E-state index in [4.69, 9.17) is 9.97 Å². The number of benzene rings is 1. The van der Waals surface area contributed by atoms with E-state index >= 15 is 0 Å². The van der Waals surface area contributed by atoms with Crippen LogP contribution in [0.2, 0.25) is 0 Å². The molecule has 0 amide bonds. The van der Waals surface area contributed by atoms with E-state index in [-0.39, 0.29) is 0 Å². The molecule has 4 heterocycles. The van der Waals surface area contributed by atoms with E-state index in [9.17, 15) is 0 Å². The molecule has 1 saturated heterocycles. The number of fused-ring (bicyclic) bond motifs is 1. The van der Waals surface area contributed by atoms with Crippen LogP contribution in [0.1, 0.15) is 35.7 Å². The molecule has 1 aliphatic heterocycles. The van der Waals surface area contributed by atoms with Gasteiger partial charge in [-0.05, 0) is 62.2 Å². The zero-order chi connectivity index (χ0) is 22.8. The Morgan fingerprint density at radius 3 is 2.73 bits per heavy atom. The van der Waals surface area contributed by atoms with Crippen LogP contribution in [0.4, 0.5) is 17.3 Å². The molecule has 0 aliphatic carbocycles. The van der Waals surface area contributed by atoms with Gasteiger partial charge in [-0.2, -0.15) is 0 Å². The lowest BCUT2D eigenvalue weighted by molar-refractivity contribution is 0.244. The van der Waals surface area contributed by atoms with Crippen LogP contribution >= 0.6 is 0 Å². The molecule has 4 aromatic rings. The third-order valence-corrected chi connectivity index (χ3v) is 6.34. The number of pyridine rings is 3. The summed E-state index contributed by atoms with van der Waals surface area (Å²) in [5.41, 5.74) is 5.49. The van der Waals surface area contributed by atoms with Crippen LogP contribution in [-0.4, -0.2) is 40.5 Å². The number of rotatable bonds is 6. The third kappa shape index (κ3) is 4.52. The standard InChI is InChI=1S/C27H30N6/c1-19-8-6-14-28-26(19)30-22-12-13-24(29-17-22)25-11-7-15-33(25)18-21-16-20-9-4-5-10-23(20)31-27(21)32(2)3/h4-6,8-10,12-14,16-17,25H,7,11,15,18H2,1-3H3,(H,28,30)/t25-/m1/s1. The Kier molecular flexibility index (Phi) is 5.92. The van der Waals surface area contributed by atoms with Gasteiger partial charge in [-0.25, -0.2) is 9.97 Å². The van der Waals surface area contributed by atoms with Crippen molar-refractivity contribution in [3.8, 4) is 0 Å². The molecular weight excluding hydrogens is 408 g/mol. The van der Waals surface area contributed by atoms with Crippen molar-refractivity contribution in [1.29, 1.82) is 0 Å². The van der Waals surface area contributed by atoms with Gasteiger partial charge in [-0.3, -0.25) is 9.88 Å². The molecule has 6 nitrogen and oxygen atoms in total. The van der Waals surface area contributed by atoms with Crippen LogP contribution in [-0.2, 0) is 6.54 Å². The van der Waals surface area contributed by atoms with E-state index in [0.717, 1.165) is 53.6 Å². The molecule has 33 heavy (non-hydrogen) atoms. The minimum atomic E-state index is 0.317. The summed E-state index contributed by atoms with van der Waals surface area (Å²) in [6.07, 6.45) is 6.02. The maximum absolute atomic E-state index is 4.94. The number of aromatic nitrogens is 3. The molecule has 1 fully saturated rings. The number of aryl methyl sites for hydroxylation is 1. The van der Waals surface area contributed by atoms with Crippen LogP contribution in [0.15, 0.2) is 67.0 Å². The van der Waals surface area contributed by atoms with Crippen molar-refractivity contribution in [2.45, 2.75) is 32.4 Å². The van der Waals surface area contributed by atoms with Gasteiger partial charge in [0.2, 0.25) is 0 Å². The fourth-order valence-corrected chi connectivity index (χ4v) is 4.65. The summed E-state index contributed by atoms with van der Waals surface area (Å²) in [6, 6.07) is 19.2. The minimum Gasteiger partial charge on any atom is -0.362 e. The normalized spacial score (nSPS) is 16.3. The van der Waals surface area contributed by atoms with E-state index in [1.807, 2.05) is 18.3 Å². The molecule has 1 atom stereocenters. The molecule has 5 rings (SSSR count). The Morgan fingerprint density at radius 1 is 1.06 bits per heavy atom. The van der Waals surface area contributed by atoms with Crippen LogP contribution in [0.25, 0.3) is 10.9 Å². The van der Waals surface area contributed by atoms with Crippen molar-refractivity contribution in [1.82, 2.24) is 19.9 Å². The second-order valence-corrected chi connectivity index (χ2v) is 8.95. The molecule has 0 saturated carbocycles. The van der Waals surface area contributed by atoms with Crippen LogP contribution in [0.3, 0.4) is 0 Å². The van der Waals surface area contributed by atoms with Crippen LogP contribution in [0, 0.1) is 6.92 Å². The lowest BCUT2D eigenvalue weighted by Gasteiger charge is -2.26. The van der Waals surface area contributed by atoms with Gasteiger partial charge in [0, 0.05) is 37.8 Å². The predicted molar refractivity (Wildman–Crippen MR) is 135 cm³/mol. The monoisotopic (exact) mass is 438 g/mol. The van der Waals surface area contributed by atoms with Gasteiger partial charge in [-0.15, -0.1) is 0 Å². The SMILES string of the molecule is Cc1cccnc1Nc1ccc([C@H]2CCCN2Cc2cc3ccccc3nc2N(C)C)nc1. The number of likely N-dealkylation sites (tertiary alicyclic amines) is 1. The Hall–Kier alpha value is -3.51. The first kappa shape index (κ1) is 21.3. The van der Waals surface area contributed by atoms with Crippen molar-refractivity contribution in [2.75, 3.05) is 30.9 Å². The summed E-state index contributed by atoms with van der Waals surface area (Å²) in [5.74, 6) is 1.91. The number of para-hydroxylation sites is 1. The summed E-state index contributed by atoms with van der Waals surface area (Å²) in [6.45, 7) is 3.99. The molecular formula is C27H30N6. The fourth-order valence-electron chi connectivity index (χ4n) is 4.65. The number of nitrogens with one attached hydrogen (secondary N) is 1. The fraction of sp³-hybridized carbons (Fsp3) is 0.296. The average Bonchev–Trinajstić information content (AvgIpc) is 3.28. The quantitative estimate of drug-likeness (QED) is 0.430. The van der Waals surface area contributed by atoms with E-state index in [0.29, 0.717) is 6.04 Å². The van der Waals surface area contributed by atoms with E-state index in [2.05, 4.69) is 83.6 Å². The Morgan fingerprint density at radius 2 is 1.94 bits per heavy atom. The molecule has 0 spiro atoms. The molecule has 0 bridgehead atoms. The number of nitrogens with zero attached hydrogens (tertiary/aromatic N) is 5. The van der Waals surface area contributed by atoms with Crippen molar-refractivity contribution in [3.05, 3.63) is 83.8 Å². The maximum atomic E-state index is 4.94. The highest BCUT2D eigenvalue weighted by atomic mass is 15.2. The Bertz CT molecular complexity index is 1250. The molecule has 6 heteroatoms. The highest BCUT2D eigenvalue weighted by molar-refractivity contribution is 5.81. The number of hydrogen-bond acceptors (Lipinski definition) is 6. The lowest BCUT2D eigenvalue weighted by Crippen LogP contribution is -2.25. The summed E-state index contributed by atoms with van der Waals surface area (Å²) < 4.78 is 0. The van der Waals surface area contributed by atoms with Crippen molar-refractivity contribution in [3.63, 3.8) is 0 Å². The van der Waals surface area contributed by atoms with Gasteiger partial charge in [0.05, 0.1) is 29.1 Å². The van der Waals surface area contributed by atoms with E-state index in [1.54, 1.807) is 6.20 Å². The van der Waals surface area contributed by atoms with Gasteiger partial charge < -0.3 is 10.2 Å². The Balaban J connectivity index is 1.36. The summed E-state index contributed by atoms with van der Waals surface area (Å²) >= 11 is 0. The minimum absolute atomic E-state index is 0.317. The van der Waals surface area contributed by atoms with Crippen LogP contribution in [0.5, 0.6) is 0 Å². The first-order chi connectivity index (χ1) is 16.1. The van der Waals surface area contributed by atoms with Gasteiger partial charge in [-0.1, -0.05) is 24.3 Å². The second-order valence-electron chi connectivity index (χ2n) is 8.95. The molecule has 1 aliphatic rings. The van der Waals surface area contributed by atoms with Crippen LogP contribution < -0.4 is 10.2 Å². The lowest BCUT2D eigenvalue weighted by atomic mass is 10.1. The maximum Gasteiger partial charge on any atom is 0.133 e. The van der Waals surface area contributed by atoms with Gasteiger partial charge >= 0.3 is 0 Å². The van der Waals surface area contributed by atoms with Crippen molar-refractivity contribution >= 4 is 28.2 Å². The van der Waals surface area contributed by atoms with Gasteiger partial charge in [0.15, 0.2) is 0 Å². The van der Waals surface area contributed by atoms with E-state index < -0.39 is 0 Å². The van der Waals surface area contributed by atoms with E-state index in [1.165, 1.54) is 17.4 Å². The highest BCUT2D eigenvalue weighted by Crippen LogP contribution is 2.34. The number of anilines is 3.